The van der Waals surface area contributed by atoms with Crippen molar-refractivity contribution >= 4 is 0 Å². The van der Waals surface area contributed by atoms with Crippen LogP contribution in [0.15, 0.2) is 0 Å². The fraction of sp³-hybridized carbons (Fsp3) is 1.00. The number of ether oxygens (including phenoxy) is 3. The molecule has 3 N–H and O–H groups in total. The standard InChI is InChI=1S/C16H33NO4/c1-13(2)14-4-6-16(12-17,7-5-14)21-11-15(18)10-20-9-8-19-3/h13-15,18H,4-12,17H2,1-3H3. The molecule has 5 nitrogen and oxygen atoms in total. The van der Waals surface area contributed by atoms with E-state index < -0.39 is 6.10 Å². The zero-order valence-corrected chi connectivity index (χ0v) is 13.8. The second-order valence-corrected chi connectivity index (χ2v) is 6.50. The Morgan fingerprint density at radius 2 is 1.86 bits per heavy atom. The molecule has 1 saturated carbocycles. The Kier molecular flexibility index (Phi) is 8.74. The topological polar surface area (TPSA) is 73.9 Å². The Labute approximate surface area is 129 Å². The average molecular weight is 303 g/mol. The van der Waals surface area contributed by atoms with Crippen molar-refractivity contribution in [1.29, 1.82) is 0 Å². The Morgan fingerprint density at radius 3 is 2.38 bits per heavy atom. The van der Waals surface area contributed by atoms with Gasteiger partial charge in [0.05, 0.1) is 32.0 Å². The fourth-order valence-corrected chi connectivity index (χ4v) is 2.92. The molecule has 1 atom stereocenters. The zero-order valence-electron chi connectivity index (χ0n) is 13.8. The van der Waals surface area contributed by atoms with Crippen molar-refractivity contribution in [2.75, 3.05) is 40.1 Å². The van der Waals surface area contributed by atoms with E-state index in [1.165, 1.54) is 0 Å². The van der Waals surface area contributed by atoms with Crippen LogP contribution in [0.4, 0.5) is 0 Å². The lowest BCUT2D eigenvalue weighted by Crippen LogP contribution is -2.46. The molecule has 0 amide bonds. The van der Waals surface area contributed by atoms with Gasteiger partial charge in [0.2, 0.25) is 0 Å². The predicted octanol–water partition coefficient (Wildman–Crippen LogP) is 1.57. The number of hydrogen-bond acceptors (Lipinski definition) is 5. The molecule has 126 valence electrons. The van der Waals surface area contributed by atoms with Gasteiger partial charge in [0.25, 0.3) is 0 Å². The van der Waals surface area contributed by atoms with Crippen LogP contribution in [0, 0.1) is 11.8 Å². The van der Waals surface area contributed by atoms with Gasteiger partial charge in [0.1, 0.15) is 6.10 Å². The van der Waals surface area contributed by atoms with Crippen molar-refractivity contribution in [3.05, 3.63) is 0 Å². The van der Waals surface area contributed by atoms with Gasteiger partial charge in [-0.05, 0) is 37.5 Å². The molecular weight excluding hydrogens is 270 g/mol. The molecule has 0 aromatic carbocycles. The minimum Gasteiger partial charge on any atom is -0.388 e. The second kappa shape index (κ2) is 9.74. The van der Waals surface area contributed by atoms with Gasteiger partial charge in [-0.1, -0.05) is 13.8 Å². The van der Waals surface area contributed by atoms with Crippen LogP contribution in [0.5, 0.6) is 0 Å². The largest absolute Gasteiger partial charge is 0.388 e. The SMILES string of the molecule is COCCOCC(O)COC1(CN)CCC(C(C)C)CC1. The summed E-state index contributed by atoms with van der Waals surface area (Å²) in [6.45, 7) is 6.68. The highest BCUT2D eigenvalue weighted by molar-refractivity contribution is 4.89. The maximum Gasteiger partial charge on any atom is 0.101 e. The van der Waals surface area contributed by atoms with Crippen LogP contribution in [0.25, 0.3) is 0 Å². The van der Waals surface area contributed by atoms with E-state index in [4.69, 9.17) is 19.9 Å². The van der Waals surface area contributed by atoms with Crippen LogP contribution in [0.1, 0.15) is 39.5 Å². The van der Waals surface area contributed by atoms with Crippen LogP contribution >= 0.6 is 0 Å². The van der Waals surface area contributed by atoms with Crippen LogP contribution in [0.2, 0.25) is 0 Å². The van der Waals surface area contributed by atoms with Crippen LogP contribution < -0.4 is 5.73 Å². The highest BCUT2D eigenvalue weighted by Gasteiger charge is 2.36. The lowest BCUT2D eigenvalue weighted by Gasteiger charge is -2.41. The van der Waals surface area contributed by atoms with Gasteiger partial charge in [-0.15, -0.1) is 0 Å². The molecule has 1 rings (SSSR count). The molecule has 0 heterocycles. The molecule has 0 saturated heterocycles. The third kappa shape index (κ3) is 6.61. The third-order valence-corrected chi connectivity index (χ3v) is 4.58. The smallest absolute Gasteiger partial charge is 0.101 e. The first-order valence-corrected chi connectivity index (χ1v) is 8.12. The molecule has 21 heavy (non-hydrogen) atoms. The summed E-state index contributed by atoms with van der Waals surface area (Å²) < 4.78 is 16.2. The van der Waals surface area contributed by atoms with Crippen molar-refractivity contribution < 1.29 is 19.3 Å². The summed E-state index contributed by atoms with van der Waals surface area (Å²) >= 11 is 0. The fourth-order valence-electron chi connectivity index (χ4n) is 2.92. The van der Waals surface area contributed by atoms with Crippen LogP contribution in [0.3, 0.4) is 0 Å². The van der Waals surface area contributed by atoms with E-state index in [1.807, 2.05) is 0 Å². The monoisotopic (exact) mass is 303 g/mol. The van der Waals surface area contributed by atoms with Gasteiger partial charge >= 0.3 is 0 Å². The molecule has 0 bridgehead atoms. The molecule has 0 aromatic rings. The van der Waals surface area contributed by atoms with E-state index in [0.29, 0.717) is 19.8 Å². The quantitative estimate of drug-likeness (QED) is 0.599. The summed E-state index contributed by atoms with van der Waals surface area (Å²) in [6, 6.07) is 0. The Morgan fingerprint density at radius 1 is 1.19 bits per heavy atom. The minimum absolute atomic E-state index is 0.251. The summed E-state index contributed by atoms with van der Waals surface area (Å²) in [6.07, 6.45) is 3.70. The first-order chi connectivity index (χ1) is 10.0. The van der Waals surface area contributed by atoms with E-state index >= 15 is 0 Å². The summed E-state index contributed by atoms with van der Waals surface area (Å²) in [5.74, 6) is 1.50. The van der Waals surface area contributed by atoms with Gasteiger partial charge in [-0.3, -0.25) is 0 Å². The first kappa shape index (κ1) is 18.8. The molecule has 5 heteroatoms. The van der Waals surface area contributed by atoms with Gasteiger partial charge < -0.3 is 25.1 Å². The number of rotatable bonds is 10. The Hall–Kier alpha value is -0.200. The number of aliphatic hydroxyl groups is 1. The van der Waals surface area contributed by atoms with E-state index in [1.54, 1.807) is 7.11 Å². The van der Waals surface area contributed by atoms with Crippen molar-refractivity contribution in [3.8, 4) is 0 Å². The summed E-state index contributed by atoms with van der Waals surface area (Å²) in [4.78, 5) is 0. The second-order valence-electron chi connectivity index (χ2n) is 6.50. The maximum absolute atomic E-state index is 9.90. The normalized spacial score (nSPS) is 28.0. The average Bonchev–Trinajstić information content (AvgIpc) is 2.50. The van der Waals surface area contributed by atoms with Crippen LogP contribution in [-0.4, -0.2) is 56.9 Å². The van der Waals surface area contributed by atoms with E-state index in [9.17, 15) is 5.11 Å². The summed E-state index contributed by atoms with van der Waals surface area (Å²) in [5, 5.41) is 9.90. The van der Waals surface area contributed by atoms with Gasteiger partial charge in [-0.2, -0.15) is 0 Å². The minimum atomic E-state index is -0.604. The van der Waals surface area contributed by atoms with E-state index in [2.05, 4.69) is 13.8 Å². The maximum atomic E-state index is 9.90. The van der Waals surface area contributed by atoms with Gasteiger partial charge in [0, 0.05) is 13.7 Å². The summed E-state index contributed by atoms with van der Waals surface area (Å²) in [5.41, 5.74) is 5.68. The van der Waals surface area contributed by atoms with Gasteiger partial charge in [-0.25, -0.2) is 0 Å². The van der Waals surface area contributed by atoms with Crippen molar-refractivity contribution in [1.82, 2.24) is 0 Å². The highest BCUT2D eigenvalue weighted by Crippen LogP contribution is 2.37. The molecule has 0 spiro atoms. The predicted molar refractivity (Wildman–Crippen MR) is 83.2 cm³/mol. The first-order valence-electron chi connectivity index (χ1n) is 8.12. The number of nitrogens with two attached hydrogens (primary N) is 1. The summed E-state index contributed by atoms with van der Waals surface area (Å²) in [7, 11) is 1.63. The molecule has 1 aliphatic carbocycles. The highest BCUT2D eigenvalue weighted by atomic mass is 16.5. The lowest BCUT2D eigenvalue weighted by atomic mass is 9.74. The molecule has 0 aromatic heterocycles. The number of aliphatic hydroxyl groups excluding tert-OH is 1. The lowest BCUT2D eigenvalue weighted by molar-refractivity contribution is -0.114. The molecular formula is C16H33NO4. The van der Waals surface area contributed by atoms with Crippen molar-refractivity contribution in [2.24, 2.45) is 17.6 Å². The Balaban J connectivity index is 2.27. The van der Waals surface area contributed by atoms with Gasteiger partial charge in [0.15, 0.2) is 0 Å². The van der Waals surface area contributed by atoms with E-state index in [0.717, 1.165) is 37.5 Å². The van der Waals surface area contributed by atoms with Crippen molar-refractivity contribution in [2.45, 2.75) is 51.2 Å². The third-order valence-electron chi connectivity index (χ3n) is 4.58. The molecule has 1 fully saturated rings. The molecule has 0 radical (unpaired) electrons. The molecule has 1 aliphatic rings. The number of hydrogen-bond donors (Lipinski definition) is 2. The zero-order chi connectivity index (χ0) is 15.7. The molecule has 0 aliphatic heterocycles. The van der Waals surface area contributed by atoms with E-state index in [-0.39, 0.29) is 18.8 Å². The Bertz CT molecular complexity index is 265. The van der Waals surface area contributed by atoms with Crippen molar-refractivity contribution in [3.63, 3.8) is 0 Å². The number of methoxy groups -OCH3 is 1. The van der Waals surface area contributed by atoms with Crippen LogP contribution in [-0.2, 0) is 14.2 Å². The molecule has 1 unspecified atom stereocenters.